The molecule has 1 aliphatic carbocycles. The summed E-state index contributed by atoms with van der Waals surface area (Å²) in [5.41, 5.74) is -1.26. The Balaban J connectivity index is 1.53. The fourth-order valence-electron chi connectivity index (χ4n) is 4.22. The molecule has 0 unspecified atom stereocenters. The van der Waals surface area contributed by atoms with Gasteiger partial charge in [-0.15, -0.1) is 0 Å². The number of likely N-dealkylation sites (tertiary alicyclic amines) is 1. The largest absolute Gasteiger partial charge is 0.381 e. The van der Waals surface area contributed by atoms with E-state index in [-0.39, 0.29) is 17.7 Å². The van der Waals surface area contributed by atoms with Crippen LogP contribution in [0.2, 0.25) is 0 Å². The molecule has 1 amide bonds. The molecule has 7 heteroatoms. The fraction of sp³-hybridized carbons (Fsp3) is 0.833. The van der Waals surface area contributed by atoms with Gasteiger partial charge in [-0.1, -0.05) is 13.8 Å². The number of hydrogen-bond donors (Lipinski definition) is 2. The Bertz CT molecular complexity index is 634. The summed E-state index contributed by atoms with van der Waals surface area (Å²) in [6, 6.07) is 0. The van der Waals surface area contributed by atoms with Crippen molar-refractivity contribution in [1.82, 2.24) is 20.1 Å². The highest BCUT2D eigenvalue weighted by Crippen LogP contribution is 2.47. The number of rotatable bonds is 4. The predicted octanol–water partition coefficient (Wildman–Crippen LogP) is 1.42. The van der Waals surface area contributed by atoms with Crippen LogP contribution in [0.3, 0.4) is 0 Å². The van der Waals surface area contributed by atoms with Gasteiger partial charge in [0.1, 0.15) is 11.4 Å². The van der Waals surface area contributed by atoms with Crippen LogP contribution in [0.1, 0.15) is 63.0 Å². The van der Waals surface area contributed by atoms with Crippen molar-refractivity contribution in [3.63, 3.8) is 0 Å². The van der Waals surface area contributed by atoms with E-state index in [1.54, 1.807) is 0 Å². The molecule has 0 bridgehead atoms. The number of carbonyl (C=O) groups is 1. The molecule has 25 heavy (non-hydrogen) atoms. The zero-order chi connectivity index (χ0) is 17.6. The van der Waals surface area contributed by atoms with Crippen molar-refractivity contribution in [1.29, 1.82) is 0 Å². The highest BCUT2D eigenvalue weighted by molar-refractivity contribution is 5.85. The lowest BCUT2D eigenvalue weighted by molar-refractivity contribution is -0.159. The van der Waals surface area contributed by atoms with Gasteiger partial charge in [0, 0.05) is 51.0 Å². The third kappa shape index (κ3) is 3.19. The Morgan fingerprint density at radius 1 is 1.32 bits per heavy atom. The average molecular weight is 348 g/mol. The minimum absolute atomic E-state index is 0.132. The lowest BCUT2D eigenvalue weighted by Gasteiger charge is -2.34. The normalized spacial score (nSPS) is 29.4. The highest BCUT2D eigenvalue weighted by Gasteiger charge is 2.49. The number of nitrogens with one attached hydrogen (secondary N) is 1. The molecule has 2 saturated heterocycles. The maximum atomic E-state index is 13.0. The van der Waals surface area contributed by atoms with Crippen molar-refractivity contribution in [3.05, 3.63) is 11.6 Å². The average Bonchev–Trinajstić information content (AvgIpc) is 3.16. The second-order valence-corrected chi connectivity index (χ2v) is 8.20. The summed E-state index contributed by atoms with van der Waals surface area (Å²) in [6.45, 7) is 6.40. The van der Waals surface area contributed by atoms with Crippen LogP contribution in [0.4, 0.5) is 0 Å². The van der Waals surface area contributed by atoms with Crippen molar-refractivity contribution in [2.75, 3.05) is 26.3 Å². The first-order valence-corrected chi connectivity index (χ1v) is 9.49. The number of ether oxygens (including phenoxy) is 1. The standard InChI is InChI=1S/C18H28N4O3/c1-11(2)15-19-16(21-20-15)14-10-22(9-13(14)12-3-4-12)17(23)18(24)5-7-25-8-6-18/h11-14,24H,3-10H2,1-2H3,(H,19,20,21)/t13-,14+/m1/s1. The van der Waals surface area contributed by atoms with Crippen molar-refractivity contribution < 1.29 is 14.6 Å². The van der Waals surface area contributed by atoms with E-state index in [1.165, 1.54) is 12.8 Å². The fourth-order valence-corrected chi connectivity index (χ4v) is 4.22. The molecule has 2 N–H and O–H groups in total. The highest BCUT2D eigenvalue weighted by atomic mass is 16.5. The van der Waals surface area contributed by atoms with E-state index >= 15 is 0 Å². The van der Waals surface area contributed by atoms with Crippen LogP contribution in [-0.4, -0.2) is 63.0 Å². The van der Waals surface area contributed by atoms with E-state index < -0.39 is 5.60 Å². The van der Waals surface area contributed by atoms with Crippen LogP contribution in [0.15, 0.2) is 0 Å². The topological polar surface area (TPSA) is 91.3 Å². The monoisotopic (exact) mass is 348 g/mol. The van der Waals surface area contributed by atoms with Gasteiger partial charge in [0.15, 0.2) is 5.82 Å². The first kappa shape index (κ1) is 17.0. The van der Waals surface area contributed by atoms with Gasteiger partial charge in [0.2, 0.25) is 0 Å². The van der Waals surface area contributed by atoms with Gasteiger partial charge in [-0.05, 0) is 24.7 Å². The second kappa shape index (κ2) is 6.36. The van der Waals surface area contributed by atoms with Crippen LogP contribution in [0, 0.1) is 11.8 Å². The SMILES string of the molecule is CC(C)c1n[nH]c([C@H]2CN(C(=O)C3(O)CCOCC3)C[C@@H]2C2CC2)n1. The first-order chi connectivity index (χ1) is 12.0. The number of amides is 1. The number of hydrogen-bond acceptors (Lipinski definition) is 5. The molecule has 3 aliphatic rings. The molecule has 0 spiro atoms. The van der Waals surface area contributed by atoms with Gasteiger partial charge >= 0.3 is 0 Å². The molecule has 3 fully saturated rings. The molecule has 2 atom stereocenters. The molecule has 1 aromatic heterocycles. The summed E-state index contributed by atoms with van der Waals surface area (Å²) < 4.78 is 5.31. The Kier molecular flexibility index (Phi) is 4.32. The maximum Gasteiger partial charge on any atom is 0.254 e. The molecular weight excluding hydrogens is 320 g/mol. The van der Waals surface area contributed by atoms with Crippen molar-refractivity contribution in [3.8, 4) is 0 Å². The lowest BCUT2D eigenvalue weighted by Crippen LogP contribution is -2.51. The van der Waals surface area contributed by atoms with Crippen molar-refractivity contribution in [2.45, 2.75) is 57.0 Å². The number of nitrogens with zero attached hydrogens (tertiary/aromatic N) is 3. The van der Waals surface area contributed by atoms with Crippen molar-refractivity contribution >= 4 is 5.91 Å². The number of aliphatic hydroxyl groups is 1. The van der Waals surface area contributed by atoms with Crippen LogP contribution in [0.25, 0.3) is 0 Å². The van der Waals surface area contributed by atoms with Gasteiger partial charge < -0.3 is 14.7 Å². The van der Waals surface area contributed by atoms with Gasteiger partial charge in [0.05, 0.1) is 0 Å². The lowest BCUT2D eigenvalue weighted by atomic mass is 9.91. The van der Waals surface area contributed by atoms with Crippen LogP contribution >= 0.6 is 0 Å². The van der Waals surface area contributed by atoms with Crippen molar-refractivity contribution in [2.24, 2.45) is 11.8 Å². The third-order valence-electron chi connectivity index (χ3n) is 5.99. The van der Waals surface area contributed by atoms with E-state index in [9.17, 15) is 9.90 Å². The van der Waals surface area contributed by atoms with E-state index in [2.05, 4.69) is 29.0 Å². The quantitative estimate of drug-likeness (QED) is 0.859. The van der Waals surface area contributed by atoms with Gasteiger partial charge in [-0.3, -0.25) is 9.89 Å². The molecule has 0 aromatic carbocycles. The van der Waals surface area contributed by atoms with Crippen LogP contribution in [-0.2, 0) is 9.53 Å². The maximum absolute atomic E-state index is 13.0. The molecule has 2 aliphatic heterocycles. The molecule has 138 valence electrons. The predicted molar refractivity (Wildman–Crippen MR) is 91.0 cm³/mol. The Morgan fingerprint density at radius 3 is 2.64 bits per heavy atom. The molecule has 1 saturated carbocycles. The summed E-state index contributed by atoms with van der Waals surface area (Å²) in [6.07, 6.45) is 3.24. The molecule has 0 radical (unpaired) electrons. The molecule has 4 rings (SSSR count). The number of carbonyl (C=O) groups excluding carboxylic acids is 1. The Morgan fingerprint density at radius 2 is 2.04 bits per heavy atom. The zero-order valence-corrected chi connectivity index (χ0v) is 15.1. The second-order valence-electron chi connectivity index (χ2n) is 8.20. The Labute approximate surface area is 148 Å². The van der Waals surface area contributed by atoms with Crippen LogP contribution < -0.4 is 0 Å². The van der Waals surface area contributed by atoms with Crippen LogP contribution in [0.5, 0.6) is 0 Å². The molecule has 1 aromatic rings. The smallest absolute Gasteiger partial charge is 0.254 e. The van der Waals surface area contributed by atoms with Gasteiger partial charge in [0.25, 0.3) is 5.91 Å². The van der Waals surface area contributed by atoms with Gasteiger partial charge in [-0.25, -0.2) is 4.98 Å². The number of aromatic amines is 1. The van der Waals surface area contributed by atoms with Gasteiger partial charge in [-0.2, -0.15) is 5.10 Å². The number of aromatic nitrogens is 3. The summed E-state index contributed by atoms with van der Waals surface area (Å²) >= 11 is 0. The third-order valence-corrected chi connectivity index (χ3v) is 5.99. The van der Waals surface area contributed by atoms with E-state index in [4.69, 9.17) is 4.74 Å². The number of H-pyrrole nitrogens is 1. The summed E-state index contributed by atoms with van der Waals surface area (Å²) in [5, 5.41) is 18.2. The zero-order valence-electron chi connectivity index (χ0n) is 15.1. The summed E-state index contributed by atoms with van der Waals surface area (Å²) in [7, 11) is 0. The molecule has 7 nitrogen and oxygen atoms in total. The molecular formula is C18H28N4O3. The van der Waals surface area contributed by atoms with E-state index in [1.807, 2.05) is 4.90 Å². The van der Waals surface area contributed by atoms with E-state index in [0.29, 0.717) is 44.4 Å². The van der Waals surface area contributed by atoms with E-state index in [0.717, 1.165) is 18.2 Å². The first-order valence-electron chi connectivity index (χ1n) is 9.49. The summed E-state index contributed by atoms with van der Waals surface area (Å²) in [5.74, 6) is 3.16. The summed E-state index contributed by atoms with van der Waals surface area (Å²) in [4.78, 5) is 19.5. The minimum atomic E-state index is -1.26. The molecule has 3 heterocycles. The minimum Gasteiger partial charge on any atom is -0.381 e. The Hall–Kier alpha value is -1.47.